The van der Waals surface area contributed by atoms with Gasteiger partial charge in [-0.1, -0.05) is 6.07 Å². The van der Waals surface area contributed by atoms with Gasteiger partial charge in [-0.15, -0.1) is 0 Å². The van der Waals surface area contributed by atoms with Crippen LogP contribution in [0.4, 0.5) is 0 Å². The average Bonchev–Trinajstić information content (AvgIpc) is 3.18. The van der Waals surface area contributed by atoms with Crippen LogP contribution in [0.5, 0.6) is 0 Å². The molecule has 3 aromatic rings. The van der Waals surface area contributed by atoms with E-state index < -0.39 is 6.10 Å². The molecule has 0 fully saturated rings. The van der Waals surface area contributed by atoms with Crippen LogP contribution in [-0.4, -0.2) is 37.4 Å². The summed E-state index contributed by atoms with van der Waals surface area (Å²) in [5.41, 5.74) is 2.98. The van der Waals surface area contributed by atoms with Gasteiger partial charge in [-0.3, -0.25) is 14.6 Å². The molecule has 6 nitrogen and oxygen atoms in total. The lowest BCUT2D eigenvalue weighted by atomic mass is 10.2. The second-order valence-electron chi connectivity index (χ2n) is 6.33. The summed E-state index contributed by atoms with van der Waals surface area (Å²) >= 11 is 0. The quantitative estimate of drug-likeness (QED) is 0.682. The van der Waals surface area contributed by atoms with Gasteiger partial charge in [0.1, 0.15) is 5.76 Å². The third-order valence-electron chi connectivity index (χ3n) is 4.03. The van der Waals surface area contributed by atoms with E-state index >= 15 is 0 Å². The van der Waals surface area contributed by atoms with E-state index in [2.05, 4.69) is 15.0 Å². The maximum atomic E-state index is 10.6. The van der Waals surface area contributed by atoms with E-state index in [1.807, 2.05) is 54.9 Å². The normalized spacial score (nSPS) is 12.6. The molecule has 0 saturated carbocycles. The van der Waals surface area contributed by atoms with Crippen molar-refractivity contribution in [2.24, 2.45) is 0 Å². The summed E-state index contributed by atoms with van der Waals surface area (Å²) in [6, 6.07) is 11.7. The topological polar surface area (TPSA) is 67.3 Å². The lowest BCUT2D eigenvalue weighted by Gasteiger charge is -2.24. The zero-order valence-corrected chi connectivity index (χ0v) is 14.7. The second kappa shape index (κ2) is 8.09. The number of aliphatic hydroxyl groups excluding tert-OH is 1. The van der Waals surface area contributed by atoms with Gasteiger partial charge < -0.3 is 9.52 Å². The molecule has 0 radical (unpaired) electrons. The van der Waals surface area contributed by atoms with Gasteiger partial charge in [-0.2, -0.15) is 5.10 Å². The number of pyridine rings is 1. The predicted molar refractivity (Wildman–Crippen MR) is 94.8 cm³/mol. The van der Waals surface area contributed by atoms with Crippen molar-refractivity contribution in [3.05, 3.63) is 71.7 Å². The van der Waals surface area contributed by atoms with Crippen LogP contribution < -0.4 is 0 Å². The standard InChI is InChI=1S/C19H24N4O2/c1-15-10-16(2)23(21-15)13-18(24)12-22(14-19-7-5-9-25-19)11-17-6-3-4-8-20-17/h3-10,18,24H,11-14H2,1-2H3/t18-/m0/s1. The summed E-state index contributed by atoms with van der Waals surface area (Å²) in [5, 5.41) is 15.0. The first-order chi connectivity index (χ1) is 12.1. The Kier molecular flexibility index (Phi) is 5.63. The van der Waals surface area contributed by atoms with Crippen molar-refractivity contribution in [3.63, 3.8) is 0 Å². The minimum Gasteiger partial charge on any atom is -0.468 e. The monoisotopic (exact) mass is 340 g/mol. The Morgan fingerprint density at radius 2 is 2.08 bits per heavy atom. The minimum atomic E-state index is -0.531. The van der Waals surface area contributed by atoms with Gasteiger partial charge in [-0.05, 0) is 44.2 Å². The molecule has 132 valence electrons. The molecule has 0 bridgehead atoms. The van der Waals surface area contributed by atoms with Crippen LogP contribution in [0.15, 0.2) is 53.3 Å². The molecule has 0 spiro atoms. The minimum absolute atomic E-state index is 0.469. The van der Waals surface area contributed by atoms with Crippen molar-refractivity contribution < 1.29 is 9.52 Å². The third-order valence-corrected chi connectivity index (χ3v) is 4.03. The Bertz CT molecular complexity index is 768. The molecular weight excluding hydrogens is 316 g/mol. The molecule has 3 rings (SSSR count). The molecule has 3 aromatic heterocycles. The number of hydrogen-bond acceptors (Lipinski definition) is 5. The van der Waals surface area contributed by atoms with Gasteiger partial charge >= 0.3 is 0 Å². The summed E-state index contributed by atoms with van der Waals surface area (Å²) < 4.78 is 7.32. The van der Waals surface area contributed by atoms with Crippen LogP contribution in [-0.2, 0) is 19.6 Å². The molecule has 3 heterocycles. The maximum absolute atomic E-state index is 10.6. The third kappa shape index (κ3) is 5.01. The lowest BCUT2D eigenvalue weighted by Crippen LogP contribution is -2.34. The van der Waals surface area contributed by atoms with E-state index in [0.29, 0.717) is 26.2 Å². The Morgan fingerprint density at radius 3 is 2.72 bits per heavy atom. The van der Waals surface area contributed by atoms with Gasteiger partial charge in [0, 0.05) is 25.0 Å². The highest BCUT2D eigenvalue weighted by Crippen LogP contribution is 2.11. The molecule has 1 N–H and O–H groups in total. The van der Waals surface area contributed by atoms with Crippen molar-refractivity contribution in [3.8, 4) is 0 Å². The van der Waals surface area contributed by atoms with Crippen LogP contribution in [0, 0.1) is 13.8 Å². The number of furan rings is 1. The van der Waals surface area contributed by atoms with E-state index in [9.17, 15) is 5.11 Å². The molecule has 1 atom stereocenters. The Hall–Kier alpha value is -2.44. The summed E-state index contributed by atoms with van der Waals surface area (Å²) in [7, 11) is 0. The smallest absolute Gasteiger partial charge is 0.117 e. The van der Waals surface area contributed by atoms with Crippen molar-refractivity contribution in [1.29, 1.82) is 0 Å². The van der Waals surface area contributed by atoms with Crippen LogP contribution in [0.1, 0.15) is 22.8 Å². The van der Waals surface area contributed by atoms with E-state index in [-0.39, 0.29) is 0 Å². The molecular formula is C19H24N4O2. The van der Waals surface area contributed by atoms with E-state index in [1.54, 1.807) is 12.5 Å². The molecule has 0 aromatic carbocycles. The number of aliphatic hydroxyl groups is 1. The van der Waals surface area contributed by atoms with Crippen molar-refractivity contribution in [2.75, 3.05) is 6.54 Å². The van der Waals surface area contributed by atoms with E-state index in [1.165, 1.54) is 0 Å². The fourth-order valence-corrected chi connectivity index (χ4v) is 2.94. The van der Waals surface area contributed by atoms with Crippen molar-refractivity contribution >= 4 is 0 Å². The molecule has 25 heavy (non-hydrogen) atoms. The average molecular weight is 340 g/mol. The van der Waals surface area contributed by atoms with E-state index in [4.69, 9.17) is 4.42 Å². The number of aromatic nitrogens is 3. The first-order valence-electron chi connectivity index (χ1n) is 8.44. The zero-order chi connectivity index (χ0) is 17.6. The maximum Gasteiger partial charge on any atom is 0.117 e. The number of rotatable bonds is 8. The van der Waals surface area contributed by atoms with Crippen LogP contribution >= 0.6 is 0 Å². The second-order valence-corrected chi connectivity index (χ2v) is 6.33. The summed E-state index contributed by atoms with van der Waals surface area (Å²) in [6.45, 7) is 6.21. The van der Waals surface area contributed by atoms with Crippen LogP contribution in [0.2, 0.25) is 0 Å². The highest BCUT2D eigenvalue weighted by molar-refractivity contribution is 5.07. The molecule has 0 aliphatic heterocycles. The zero-order valence-electron chi connectivity index (χ0n) is 14.7. The fraction of sp³-hybridized carbons (Fsp3) is 0.368. The molecule has 0 aliphatic carbocycles. The van der Waals surface area contributed by atoms with Crippen molar-refractivity contribution in [2.45, 2.75) is 39.6 Å². The summed E-state index contributed by atoms with van der Waals surface area (Å²) in [5.74, 6) is 0.870. The van der Waals surface area contributed by atoms with Gasteiger partial charge in [0.05, 0.1) is 36.8 Å². The van der Waals surface area contributed by atoms with Gasteiger partial charge in [-0.25, -0.2) is 0 Å². The first-order valence-corrected chi connectivity index (χ1v) is 8.44. The first kappa shape index (κ1) is 17.4. The van der Waals surface area contributed by atoms with Crippen LogP contribution in [0.25, 0.3) is 0 Å². The molecule has 0 saturated heterocycles. The highest BCUT2D eigenvalue weighted by atomic mass is 16.3. The van der Waals surface area contributed by atoms with E-state index in [0.717, 1.165) is 22.8 Å². The molecule has 6 heteroatoms. The van der Waals surface area contributed by atoms with Gasteiger partial charge in [0.2, 0.25) is 0 Å². The Morgan fingerprint density at radius 1 is 1.20 bits per heavy atom. The summed E-state index contributed by atoms with van der Waals surface area (Å²) in [6.07, 6.45) is 2.92. The number of nitrogens with zero attached hydrogens (tertiary/aromatic N) is 4. The highest BCUT2D eigenvalue weighted by Gasteiger charge is 2.16. The number of aryl methyl sites for hydroxylation is 2. The lowest BCUT2D eigenvalue weighted by molar-refractivity contribution is 0.0833. The number of hydrogen-bond donors (Lipinski definition) is 1. The van der Waals surface area contributed by atoms with Gasteiger partial charge in [0.25, 0.3) is 0 Å². The molecule has 0 amide bonds. The largest absolute Gasteiger partial charge is 0.468 e. The predicted octanol–water partition coefficient (Wildman–Crippen LogP) is 2.55. The summed E-state index contributed by atoms with van der Waals surface area (Å²) in [4.78, 5) is 6.52. The molecule has 0 unspecified atom stereocenters. The molecule has 0 aliphatic rings. The fourth-order valence-electron chi connectivity index (χ4n) is 2.94. The Balaban J connectivity index is 1.66. The van der Waals surface area contributed by atoms with Crippen LogP contribution in [0.3, 0.4) is 0 Å². The Labute approximate surface area is 147 Å². The SMILES string of the molecule is Cc1cc(C)n(C[C@@H](O)CN(Cc2ccccn2)Cc2ccco2)n1. The van der Waals surface area contributed by atoms with Crippen molar-refractivity contribution in [1.82, 2.24) is 19.7 Å². The van der Waals surface area contributed by atoms with Gasteiger partial charge in [0.15, 0.2) is 0 Å².